The Morgan fingerprint density at radius 2 is 1.00 bits per heavy atom. The van der Waals surface area contributed by atoms with Gasteiger partial charge in [-0.25, -0.2) is 0 Å². The molecule has 10 heavy (non-hydrogen) atoms. The Bertz CT molecular complexity index is 229. The molecule has 0 fully saturated rings. The van der Waals surface area contributed by atoms with Crippen LogP contribution in [-0.4, -0.2) is 31.4 Å². The second-order valence-corrected chi connectivity index (χ2v) is 2.95. The van der Waals surface area contributed by atoms with E-state index in [9.17, 15) is 0 Å². The molecular weight excluding hydrogens is 115 g/mol. The van der Waals surface area contributed by atoms with Crippen molar-refractivity contribution in [2.45, 2.75) is 0 Å². The van der Waals surface area contributed by atoms with Crippen LogP contribution in [0.5, 0.6) is 0 Å². The van der Waals surface area contributed by atoms with E-state index in [1.807, 2.05) is 0 Å². The lowest BCUT2D eigenvalue weighted by atomic mass is 9.67. The van der Waals surface area contributed by atoms with Crippen LogP contribution in [0.2, 0.25) is 0 Å². The second kappa shape index (κ2) is 2.61. The molecule has 0 aromatic heterocycles. The van der Waals surface area contributed by atoms with Gasteiger partial charge in [-0.15, -0.1) is 10.9 Å². The molecule has 0 saturated heterocycles. The summed E-state index contributed by atoms with van der Waals surface area (Å²) < 4.78 is 0. The first-order valence-corrected chi connectivity index (χ1v) is 3.66. The molecule has 46 valence electrons. The molecule has 0 saturated carbocycles. The molecule has 0 spiro atoms. The van der Waals surface area contributed by atoms with Crippen molar-refractivity contribution in [1.29, 1.82) is 0 Å². The molecule has 0 aliphatic carbocycles. The van der Waals surface area contributed by atoms with E-state index in [1.54, 1.807) is 0 Å². The summed E-state index contributed by atoms with van der Waals surface area (Å²) in [6.07, 6.45) is 0. The summed E-state index contributed by atoms with van der Waals surface area (Å²) >= 11 is 0. The van der Waals surface area contributed by atoms with Crippen molar-refractivity contribution < 1.29 is 0 Å². The third kappa shape index (κ3) is 1.16. The molecule has 0 atom stereocenters. The van der Waals surface area contributed by atoms with Gasteiger partial charge >= 0.3 is 0 Å². The first kappa shape index (κ1) is 7.59. The number of hydrogen-bond donors (Lipinski definition) is 0. The van der Waals surface area contributed by atoms with Crippen molar-refractivity contribution in [2.24, 2.45) is 0 Å². The Hall–Kier alpha value is -0.520. The van der Waals surface area contributed by atoms with Gasteiger partial charge in [-0.3, -0.25) is 0 Å². The largest absolute Gasteiger partial charge is 0.138 e. The topological polar surface area (TPSA) is 0 Å². The summed E-state index contributed by atoms with van der Waals surface area (Å²) in [5.41, 5.74) is 5.64. The highest BCUT2D eigenvalue weighted by Crippen LogP contribution is 1.67. The fourth-order valence-corrected chi connectivity index (χ4v) is 1.09. The minimum Gasteiger partial charge on any atom is -0.102 e. The Labute approximate surface area is 66.0 Å². The zero-order valence-electron chi connectivity index (χ0n) is 7.15. The van der Waals surface area contributed by atoms with Crippen molar-refractivity contribution in [3.05, 3.63) is 12.1 Å². The summed E-state index contributed by atoms with van der Waals surface area (Å²) in [6.45, 7) is 0. The van der Waals surface area contributed by atoms with Gasteiger partial charge < -0.3 is 0 Å². The molecule has 0 aliphatic rings. The maximum Gasteiger partial charge on any atom is 0.138 e. The van der Waals surface area contributed by atoms with Crippen LogP contribution in [0.15, 0.2) is 12.1 Å². The van der Waals surface area contributed by atoms with Gasteiger partial charge in [0.25, 0.3) is 0 Å². The molecular formula is C6H10B4. The van der Waals surface area contributed by atoms with Crippen LogP contribution in [0.25, 0.3) is 0 Å². The molecule has 1 rings (SSSR count). The monoisotopic (exact) mass is 126 g/mol. The smallest absolute Gasteiger partial charge is 0.102 e. The maximum atomic E-state index is 2.18. The Kier molecular flexibility index (Phi) is 1.98. The molecule has 0 unspecified atom stereocenters. The second-order valence-electron chi connectivity index (χ2n) is 2.95. The normalized spacial score (nSPS) is 9.60. The predicted molar refractivity (Wildman–Crippen MR) is 59.2 cm³/mol. The predicted octanol–water partition coefficient (Wildman–Crippen LogP) is -5.28. The lowest BCUT2D eigenvalue weighted by Crippen LogP contribution is -2.46. The first-order chi connectivity index (χ1) is 4.63. The van der Waals surface area contributed by atoms with Crippen molar-refractivity contribution in [3.8, 4) is 0 Å². The highest BCUT2D eigenvalue weighted by atomic mass is 13.9. The Balaban J connectivity index is 3.34. The van der Waals surface area contributed by atoms with Crippen LogP contribution < -0.4 is 21.9 Å². The van der Waals surface area contributed by atoms with Crippen LogP contribution >= 0.6 is 0 Å². The third-order valence-corrected chi connectivity index (χ3v) is 2.33. The first-order valence-electron chi connectivity index (χ1n) is 3.66. The summed E-state index contributed by atoms with van der Waals surface area (Å²) in [6, 6.07) is 4.36. The molecule has 0 bridgehead atoms. The summed E-state index contributed by atoms with van der Waals surface area (Å²) in [4.78, 5) is 0. The fraction of sp³-hybridized carbons (Fsp3) is 0. The molecule has 0 heterocycles. The van der Waals surface area contributed by atoms with E-state index in [2.05, 4.69) is 43.5 Å². The standard InChI is InChI=1S/C6H10B4/c7-3-1-2-4(8)6(10)5(3)9/h1-2H,7-10H2. The number of hydrogen-bond acceptors (Lipinski definition) is 0. The number of rotatable bonds is 0. The quantitative estimate of drug-likeness (QED) is 0.304. The van der Waals surface area contributed by atoms with Crippen LogP contribution in [0.3, 0.4) is 0 Å². The Morgan fingerprint density at radius 3 is 1.30 bits per heavy atom. The average Bonchev–Trinajstić information content (AvgIpc) is 1.93. The van der Waals surface area contributed by atoms with E-state index in [4.69, 9.17) is 0 Å². The molecule has 0 aliphatic heterocycles. The van der Waals surface area contributed by atoms with Gasteiger partial charge in [-0.2, -0.15) is 0 Å². The van der Waals surface area contributed by atoms with E-state index in [-0.39, 0.29) is 0 Å². The van der Waals surface area contributed by atoms with Crippen LogP contribution in [-0.2, 0) is 0 Å². The molecule has 0 radical (unpaired) electrons. The van der Waals surface area contributed by atoms with Gasteiger partial charge in [0.15, 0.2) is 0 Å². The van der Waals surface area contributed by atoms with Gasteiger partial charge in [0.05, 0.1) is 0 Å². The van der Waals surface area contributed by atoms with E-state index in [0.717, 1.165) is 0 Å². The zero-order valence-corrected chi connectivity index (χ0v) is 7.15. The van der Waals surface area contributed by atoms with Crippen LogP contribution in [0.4, 0.5) is 0 Å². The number of benzene rings is 1. The molecule has 0 amide bonds. The molecule has 1 aromatic carbocycles. The average molecular weight is 125 g/mol. The fourth-order valence-electron chi connectivity index (χ4n) is 1.09. The summed E-state index contributed by atoms with van der Waals surface area (Å²) in [5, 5.41) is 0. The van der Waals surface area contributed by atoms with Crippen molar-refractivity contribution in [2.75, 3.05) is 0 Å². The highest BCUT2D eigenvalue weighted by Gasteiger charge is 1.97. The zero-order chi connectivity index (χ0) is 7.72. The van der Waals surface area contributed by atoms with E-state index >= 15 is 0 Å². The van der Waals surface area contributed by atoms with Crippen molar-refractivity contribution in [3.63, 3.8) is 0 Å². The van der Waals surface area contributed by atoms with Gasteiger partial charge in [-0.05, 0) is 0 Å². The van der Waals surface area contributed by atoms with Crippen LogP contribution in [0, 0.1) is 0 Å². The molecule has 4 heteroatoms. The van der Waals surface area contributed by atoms with Gasteiger partial charge in [0, 0.05) is 0 Å². The van der Waals surface area contributed by atoms with Crippen LogP contribution in [0.1, 0.15) is 0 Å². The SMILES string of the molecule is Bc1ccc(B)c(B)c1B. The molecule has 0 N–H and O–H groups in total. The summed E-state index contributed by atoms with van der Waals surface area (Å²) in [5.74, 6) is 0. The summed E-state index contributed by atoms with van der Waals surface area (Å²) in [7, 11) is 8.67. The highest BCUT2D eigenvalue weighted by molar-refractivity contribution is 6.62. The minimum atomic E-state index is 1.39. The van der Waals surface area contributed by atoms with Gasteiger partial charge in [0.1, 0.15) is 31.4 Å². The molecule has 0 nitrogen and oxygen atoms in total. The lowest BCUT2D eigenvalue weighted by molar-refractivity contribution is 1.96. The van der Waals surface area contributed by atoms with Gasteiger partial charge in [0.2, 0.25) is 0 Å². The van der Waals surface area contributed by atoms with E-state index < -0.39 is 0 Å². The lowest BCUT2D eigenvalue weighted by Gasteiger charge is -2.07. The van der Waals surface area contributed by atoms with E-state index in [1.165, 1.54) is 21.9 Å². The third-order valence-electron chi connectivity index (χ3n) is 2.33. The van der Waals surface area contributed by atoms with E-state index in [0.29, 0.717) is 0 Å². The van der Waals surface area contributed by atoms with Gasteiger partial charge in [-0.1, -0.05) is 23.1 Å². The minimum absolute atomic E-state index is 1.39. The van der Waals surface area contributed by atoms with Crippen molar-refractivity contribution >= 4 is 53.2 Å². The molecule has 1 aromatic rings. The van der Waals surface area contributed by atoms with Crippen molar-refractivity contribution in [1.82, 2.24) is 0 Å². The Morgan fingerprint density at radius 1 is 0.700 bits per heavy atom. The maximum absolute atomic E-state index is 2.18.